The van der Waals surface area contributed by atoms with Gasteiger partial charge in [-0.3, -0.25) is 0 Å². The van der Waals surface area contributed by atoms with Crippen molar-refractivity contribution in [3.8, 4) is 44.5 Å². The van der Waals surface area contributed by atoms with E-state index in [9.17, 15) is 0 Å². The van der Waals surface area contributed by atoms with Crippen molar-refractivity contribution in [3.05, 3.63) is 206 Å². The van der Waals surface area contributed by atoms with Gasteiger partial charge >= 0.3 is 0 Å². The fraction of sp³-hybridized carbons (Fsp3) is 0. The quantitative estimate of drug-likeness (QED) is 0.157. The van der Waals surface area contributed by atoms with E-state index >= 15 is 0 Å². The highest BCUT2D eigenvalue weighted by Gasteiger charge is 2.21. The molecule has 0 aliphatic heterocycles. The molecule has 0 saturated carbocycles. The zero-order valence-electron chi connectivity index (χ0n) is 31.0. The molecule has 1 aromatic heterocycles. The van der Waals surface area contributed by atoms with Gasteiger partial charge in [-0.15, -0.1) is 11.3 Å². The second kappa shape index (κ2) is 12.7. The highest BCUT2D eigenvalue weighted by Crippen LogP contribution is 2.49. The minimum absolute atomic E-state index is 0. The lowest BCUT2D eigenvalue weighted by molar-refractivity contribution is 1.64. The van der Waals surface area contributed by atoms with Gasteiger partial charge in [0.1, 0.15) is 0 Å². The molecule has 0 aliphatic carbocycles. The Morgan fingerprint density at radius 1 is 0.246 bits per heavy atom. The van der Waals surface area contributed by atoms with Gasteiger partial charge in [0.25, 0.3) is 0 Å². The fourth-order valence-corrected chi connectivity index (χ4v) is 10.9. The summed E-state index contributed by atoms with van der Waals surface area (Å²) in [6.45, 7) is 0. The fourth-order valence-electron chi connectivity index (χ4n) is 9.53. The Kier molecular flexibility index (Phi) is 7.20. The van der Waals surface area contributed by atoms with Crippen LogP contribution in [0.25, 0.3) is 119 Å². The second-order valence-corrected chi connectivity index (χ2v) is 16.1. The maximum Gasteiger partial charge on any atom is 0.0440 e. The first-order valence-corrected chi connectivity index (χ1v) is 20.5. The molecule has 1 heteroatoms. The standard InChI is InChI=1S/C56H34S.4H2/c1-2-15-35(16-3-1)40-31-32-49(44-24-9-8-23-43(40)44)54-47-27-12-10-25-45(47)52(46-26-11-13-28-48(46)54)38-19-14-20-39(33-38)53-41-21-6-5-18-37(41)34-51-50-30-29-36-17-4-7-22-42(36)55(50)57-56(51)53;;;;/h1-34H;4*1H. The number of rotatable bonds is 4. The Bertz CT molecular complexity index is 3530. The van der Waals surface area contributed by atoms with Crippen molar-refractivity contribution in [3.63, 3.8) is 0 Å². The predicted molar refractivity (Wildman–Crippen MR) is 257 cm³/mol. The molecule has 0 unspecified atom stereocenters. The molecule has 0 bridgehead atoms. The summed E-state index contributed by atoms with van der Waals surface area (Å²) in [5.41, 5.74) is 10.1. The zero-order chi connectivity index (χ0) is 37.5. The Labute approximate surface area is 340 Å². The Balaban J connectivity index is 0.00000128. The minimum Gasteiger partial charge on any atom is -0.134 e. The maximum absolute atomic E-state index is 2.45. The zero-order valence-corrected chi connectivity index (χ0v) is 31.9. The largest absolute Gasteiger partial charge is 0.134 e. The van der Waals surface area contributed by atoms with Crippen LogP contribution in [0.1, 0.15) is 5.71 Å². The Hall–Kier alpha value is -7.06. The lowest BCUT2D eigenvalue weighted by Gasteiger charge is -2.20. The summed E-state index contributed by atoms with van der Waals surface area (Å²) in [6.07, 6.45) is 0. The highest BCUT2D eigenvalue weighted by molar-refractivity contribution is 7.27. The van der Waals surface area contributed by atoms with Gasteiger partial charge in [-0.25, -0.2) is 0 Å². The van der Waals surface area contributed by atoms with Crippen molar-refractivity contribution in [1.29, 1.82) is 0 Å². The lowest BCUT2D eigenvalue weighted by Crippen LogP contribution is -1.93. The maximum atomic E-state index is 2.45. The highest BCUT2D eigenvalue weighted by atomic mass is 32.1. The van der Waals surface area contributed by atoms with Crippen molar-refractivity contribution >= 4 is 85.4 Å². The molecule has 0 saturated heterocycles. The molecule has 0 fully saturated rings. The molecule has 0 radical (unpaired) electrons. The van der Waals surface area contributed by atoms with E-state index in [1.54, 1.807) is 0 Å². The summed E-state index contributed by atoms with van der Waals surface area (Å²) in [4.78, 5) is 0. The van der Waals surface area contributed by atoms with E-state index in [1.165, 1.54) is 119 Å². The van der Waals surface area contributed by atoms with Crippen LogP contribution >= 0.6 is 11.3 Å². The molecule has 0 nitrogen and oxygen atoms in total. The van der Waals surface area contributed by atoms with E-state index in [0.717, 1.165) is 0 Å². The predicted octanol–water partition coefficient (Wildman–Crippen LogP) is 17.5. The SMILES string of the molecule is [HH].[HH].[HH].[HH].c1ccc(-c2ccc(-c3c4ccccc4c(-c4cccc(-c5c6ccccc6cc6c5sc5c7ccccc7ccc65)c4)c4ccccc34)c3ccccc23)cc1. The molecule has 12 aromatic rings. The second-order valence-electron chi connectivity index (χ2n) is 15.1. The third-order valence-electron chi connectivity index (χ3n) is 12.0. The first kappa shape index (κ1) is 32.2. The van der Waals surface area contributed by atoms with Gasteiger partial charge in [-0.05, 0) is 105 Å². The summed E-state index contributed by atoms with van der Waals surface area (Å²) in [6, 6.07) is 76.4. The minimum atomic E-state index is 0. The van der Waals surface area contributed by atoms with E-state index in [4.69, 9.17) is 0 Å². The number of benzene rings is 11. The normalized spacial score (nSPS) is 11.9. The van der Waals surface area contributed by atoms with Crippen LogP contribution in [-0.4, -0.2) is 0 Å². The first-order chi connectivity index (χ1) is 28.3. The average Bonchev–Trinajstić information content (AvgIpc) is 3.66. The Morgan fingerprint density at radius 2 is 0.754 bits per heavy atom. The van der Waals surface area contributed by atoms with Crippen LogP contribution in [0, 0.1) is 0 Å². The van der Waals surface area contributed by atoms with Crippen LogP contribution in [-0.2, 0) is 0 Å². The van der Waals surface area contributed by atoms with Crippen molar-refractivity contribution in [2.75, 3.05) is 0 Å². The lowest BCUT2D eigenvalue weighted by atomic mass is 9.83. The van der Waals surface area contributed by atoms with Crippen LogP contribution in [0.2, 0.25) is 0 Å². The van der Waals surface area contributed by atoms with Crippen molar-refractivity contribution in [1.82, 2.24) is 0 Å². The van der Waals surface area contributed by atoms with Crippen LogP contribution in [0.15, 0.2) is 206 Å². The summed E-state index contributed by atoms with van der Waals surface area (Å²) in [7, 11) is 0. The number of hydrogen-bond donors (Lipinski definition) is 0. The molecule has 1 heterocycles. The molecule has 0 aliphatic rings. The number of fused-ring (bicyclic) bond motifs is 9. The molecule has 0 spiro atoms. The van der Waals surface area contributed by atoms with Crippen LogP contribution in [0.5, 0.6) is 0 Å². The number of hydrogen-bond acceptors (Lipinski definition) is 1. The van der Waals surface area contributed by atoms with Crippen molar-refractivity contribution in [2.45, 2.75) is 0 Å². The smallest absolute Gasteiger partial charge is 0.0440 e. The van der Waals surface area contributed by atoms with Gasteiger partial charge in [0, 0.05) is 31.4 Å². The van der Waals surface area contributed by atoms with E-state index < -0.39 is 0 Å². The van der Waals surface area contributed by atoms with Crippen LogP contribution < -0.4 is 0 Å². The van der Waals surface area contributed by atoms with Gasteiger partial charge in [0.2, 0.25) is 0 Å². The van der Waals surface area contributed by atoms with Crippen molar-refractivity contribution in [2.24, 2.45) is 0 Å². The summed E-state index contributed by atoms with van der Waals surface area (Å²) in [5, 5.41) is 15.4. The molecule has 272 valence electrons. The van der Waals surface area contributed by atoms with Gasteiger partial charge in [-0.2, -0.15) is 0 Å². The molecule has 12 rings (SSSR count). The molecule has 0 amide bonds. The van der Waals surface area contributed by atoms with Gasteiger partial charge in [0.15, 0.2) is 0 Å². The molecule has 11 aromatic carbocycles. The van der Waals surface area contributed by atoms with Crippen LogP contribution in [0.3, 0.4) is 0 Å². The average molecular weight is 747 g/mol. The third-order valence-corrected chi connectivity index (χ3v) is 13.3. The van der Waals surface area contributed by atoms with E-state index in [0.29, 0.717) is 0 Å². The number of thiophene rings is 1. The van der Waals surface area contributed by atoms with E-state index in [-0.39, 0.29) is 5.71 Å². The Morgan fingerprint density at radius 3 is 1.46 bits per heavy atom. The van der Waals surface area contributed by atoms with Crippen molar-refractivity contribution < 1.29 is 5.71 Å². The topological polar surface area (TPSA) is 0 Å². The van der Waals surface area contributed by atoms with E-state index in [1.807, 2.05) is 11.3 Å². The molecule has 0 atom stereocenters. The summed E-state index contributed by atoms with van der Waals surface area (Å²) < 4.78 is 2.70. The molecule has 57 heavy (non-hydrogen) atoms. The molecule has 0 N–H and O–H groups in total. The third kappa shape index (κ3) is 4.93. The monoisotopic (exact) mass is 746 g/mol. The summed E-state index contributed by atoms with van der Waals surface area (Å²) >= 11 is 1.93. The molecular weight excluding hydrogens is 705 g/mol. The molecular formula is C56H42S. The summed E-state index contributed by atoms with van der Waals surface area (Å²) in [5.74, 6) is 0. The van der Waals surface area contributed by atoms with Gasteiger partial charge < -0.3 is 0 Å². The first-order valence-electron chi connectivity index (χ1n) is 19.7. The van der Waals surface area contributed by atoms with E-state index in [2.05, 4.69) is 206 Å². The van der Waals surface area contributed by atoms with Gasteiger partial charge in [0.05, 0.1) is 0 Å². The van der Waals surface area contributed by atoms with Crippen LogP contribution in [0.4, 0.5) is 0 Å². The van der Waals surface area contributed by atoms with Gasteiger partial charge in [-0.1, -0.05) is 194 Å².